The van der Waals surface area contributed by atoms with E-state index in [1.165, 1.54) is 38.5 Å². The van der Waals surface area contributed by atoms with Crippen molar-refractivity contribution >= 4 is 0 Å². The van der Waals surface area contributed by atoms with Crippen LogP contribution in [0.1, 0.15) is 65.2 Å². The monoisotopic (exact) mass is 442 g/mol. The topological polar surface area (TPSA) is 83.0 Å². The van der Waals surface area contributed by atoms with Gasteiger partial charge in [-0.1, -0.05) is 52.4 Å². The molecule has 7 heteroatoms. The number of hydrogen-bond donors (Lipinski definition) is 0. The van der Waals surface area contributed by atoms with E-state index < -0.39 is 0 Å². The molecule has 0 radical (unpaired) electrons. The van der Waals surface area contributed by atoms with Gasteiger partial charge in [0.05, 0.1) is 26.4 Å². The minimum absolute atomic E-state index is 0. The summed E-state index contributed by atoms with van der Waals surface area (Å²) in [5.41, 5.74) is 0. The van der Waals surface area contributed by atoms with Gasteiger partial charge in [-0.15, -0.1) is 13.2 Å². The van der Waals surface area contributed by atoms with Gasteiger partial charge < -0.3 is 29.2 Å². The SMILES string of the molecule is CCCCCCOCCOCC[O-].CCCCCCOCCOCC[O-].[Zn+2]. The summed E-state index contributed by atoms with van der Waals surface area (Å²) in [4.78, 5) is 0. The molecule has 0 bridgehead atoms. The Labute approximate surface area is 180 Å². The van der Waals surface area contributed by atoms with Gasteiger partial charge in [0.1, 0.15) is 0 Å². The summed E-state index contributed by atoms with van der Waals surface area (Å²) in [6, 6.07) is 0. The van der Waals surface area contributed by atoms with Crippen molar-refractivity contribution in [3.63, 3.8) is 0 Å². The summed E-state index contributed by atoms with van der Waals surface area (Å²) in [6.07, 6.45) is 9.85. The second kappa shape index (κ2) is 33.9. The molecule has 0 aromatic heterocycles. The first-order chi connectivity index (χ1) is 12.8. The van der Waals surface area contributed by atoms with Crippen LogP contribution in [0.2, 0.25) is 0 Å². The number of unbranched alkanes of at least 4 members (excludes halogenated alkanes) is 6. The summed E-state index contributed by atoms with van der Waals surface area (Å²) < 4.78 is 20.5. The molecule has 0 fully saturated rings. The van der Waals surface area contributed by atoms with Crippen molar-refractivity contribution in [3.8, 4) is 0 Å². The van der Waals surface area contributed by atoms with Crippen molar-refractivity contribution < 1.29 is 48.6 Å². The average molecular weight is 444 g/mol. The maximum atomic E-state index is 9.97. The molecule has 0 aromatic rings. The molecule has 0 saturated carbocycles. The van der Waals surface area contributed by atoms with Crippen molar-refractivity contribution in [1.29, 1.82) is 0 Å². The first-order valence-corrected chi connectivity index (χ1v) is 10.3. The Kier molecular flexibility index (Phi) is 40.3. The fourth-order valence-corrected chi connectivity index (χ4v) is 2.02. The fourth-order valence-electron chi connectivity index (χ4n) is 2.02. The quantitative estimate of drug-likeness (QED) is 0.211. The van der Waals surface area contributed by atoms with E-state index in [2.05, 4.69) is 13.8 Å². The van der Waals surface area contributed by atoms with E-state index in [9.17, 15) is 10.2 Å². The normalized spacial score (nSPS) is 10.2. The molecule has 27 heavy (non-hydrogen) atoms. The van der Waals surface area contributed by atoms with Crippen LogP contribution in [0, 0.1) is 0 Å². The third kappa shape index (κ3) is 37.8. The van der Waals surface area contributed by atoms with Gasteiger partial charge in [0.15, 0.2) is 0 Å². The summed E-state index contributed by atoms with van der Waals surface area (Å²) in [5, 5.41) is 19.9. The van der Waals surface area contributed by atoms with E-state index in [0.717, 1.165) is 26.1 Å². The van der Waals surface area contributed by atoms with Crippen LogP contribution in [0.25, 0.3) is 0 Å². The number of rotatable bonds is 20. The second-order valence-electron chi connectivity index (χ2n) is 5.98. The largest absolute Gasteiger partial charge is 2.00 e. The van der Waals surface area contributed by atoms with E-state index >= 15 is 0 Å². The molecule has 0 N–H and O–H groups in total. The zero-order valence-corrected chi connectivity index (χ0v) is 20.9. The Bertz CT molecular complexity index is 181. The van der Waals surface area contributed by atoms with Crippen LogP contribution in [0.5, 0.6) is 0 Å². The molecule has 160 valence electrons. The van der Waals surface area contributed by atoms with E-state index in [1.807, 2.05) is 0 Å². The fraction of sp³-hybridized carbons (Fsp3) is 1.00. The molecule has 0 aliphatic carbocycles. The van der Waals surface area contributed by atoms with Gasteiger partial charge in [-0.3, -0.25) is 0 Å². The van der Waals surface area contributed by atoms with E-state index in [0.29, 0.717) is 39.6 Å². The first kappa shape index (κ1) is 32.1. The third-order valence-corrected chi connectivity index (χ3v) is 3.48. The van der Waals surface area contributed by atoms with Crippen LogP contribution in [0.4, 0.5) is 0 Å². The summed E-state index contributed by atoms with van der Waals surface area (Å²) in [7, 11) is 0. The second-order valence-corrected chi connectivity index (χ2v) is 5.98. The Morgan fingerprint density at radius 1 is 0.444 bits per heavy atom. The maximum Gasteiger partial charge on any atom is 2.00 e. The molecule has 0 heterocycles. The maximum absolute atomic E-state index is 9.97. The van der Waals surface area contributed by atoms with Crippen molar-refractivity contribution in [2.75, 3.05) is 66.1 Å². The molecular formula is C20H42O6Zn. The van der Waals surface area contributed by atoms with Crippen LogP contribution >= 0.6 is 0 Å². The van der Waals surface area contributed by atoms with E-state index in [4.69, 9.17) is 18.9 Å². The molecule has 0 unspecified atom stereocenters. The molecule has 0 aliphatic heterocycles. The Balaban J connectivity index is -0.000000411. The van der Waals surface area contributed by atoms with Gasteiger partial charge in [-0.25, -0.2) is 0 Å². The van der Waals surface area contributed by atoms with Gasteiger partial charge >= 0.3 is 19.5 Å². The Morgan fingerprint density at radius 3 is 1.07 bits per heavy atom. The van der Waals surface area contributed by atoms with Crippen LogP contribution in [-0.2, 0) is 38.4 Å². The van der Waals surface area contributed by atoms with Crippen LogP contribution < -0.4 is 10.2 Å². The molecule has 6 nitrogen and oxygen atoms in total. The van der Waals surface area contributed by atoms with Crippen molar-refractivity contribution in [3.05, 3.63) is 0 Å². The zero-order chi connectivity index (χ0) is 19.6. The van der Waals surface area contributed by atoms with Gasteiger partial charge in [0, 0.05) is 26.4 Å². The standard InChI is InChI=1S/2C10H21O3.Zn/c2*1-2-3-4-5-7-12-9-10-13-8-6-11;/h2*2-10H2,1H3;/q2*-1;+2. The van der Waals surface area contributed by atoms with Crippen LogP contribution in [-0.4, -0.2) is 66.1 Å². The average Bonchev–Trinajstić information content (AvgIpc) is 2.66. The minimum Gasteiger partial charge on any atom is -0.853 e. The predicted octanol–water partition coefficient (Wildman–Crippen LogP) is 1.92. The summed E-state index contributed by atoms with van der Waals surface area (Å²) in [6.45, 7) is 8.66. The van der Waals surface area contributed by atoms with Crippen molar-refractivity contribution in [2.45, 2.75) is 65.2 Å². The minimum atomic E-state index is -0.156. The Hall–Kier alpha value is 0.383. The van der Waals surface area contributed by atoms with Gasteiger partial charge in [0.25, 0.3) is 0 Å². The third-order valence-electron chi connectivity index (χ3n) is 3.48. The van der Waals surface area contributed by atoms with E-state index in [1.54, 1.807) is 0 Å². The predicted molar refractivity (Wildman–Crippen MR) is 101 cm³/mol. The molecular weight excluding hydrogens is 402 g/mol. The molecule has 0 amide bonds. The van der Waals surface area contributed by atoms with Gasteiger partial charge in [-0.2, -0.15) is 0 Å². The van der Waals surface area contributed by atoms with Crippen molar-refractivity contribution in [2.24, 2.45) is 0 Å². The number of hydrogen-bond acceptors (Lipinski definition) is 6. The first-order valence-electron chi connectivity index (χ1n) is 10.3. The molecule has 0 aromatic carbocycles. The zero-order valence-electron chi connectivity index (χ0n) is 17.9. The molecule has 0 aliphatic rings. The van der Waals surface area contributed by atoms with Crippen molar-refractivity contribution in [1.82, 2.24) is 0 Å². The van der Waals surface area contributed by atoms with Crippen LogP contribution in [0.3, 0.4) is 0 Å². The summed E-state index contributed by atoms with van der Waals surface area (Å²) in [5.74, 6) is 0. The van der Waals surface area contributed by atoms with E-state index in [-0.39, 0.29) is 32.7 Å². The van der Waals surface area contributed by atoms with Crippen LogP contribution in [0.15, 0.2) is 0 Å². The number of ether oxygens (including phenoxy) is 4. The summed E-state index contributed by atoms with van der Waals surface area (Å²) >= 11 is 0. The molecule has 0 spiro atoms. The van der Waals surface area contributed by atoms with Gasteiger partial charge in [-0.05, 0) is 12.8 Å². The smallest absolute Gasteiger partial charge is 0.853 e. The van der Waals surface area contributed by atoms with Gasteiger partial charge in [0.2, 0.25) is 0 Å². The Morgan fingerprint density at radius 2 is 0.778 bits per heavy atom. The molecule has 0 atom stereocenters. The molecule has 0 saturated heterocycles. The molecule has 0 rings (SSSR count).